The molecule has 0 aliphatic carbocycles. The molecule has 0 atom stereocenters. The number of benzene rings is 1. The molecule has 0 spiro atoms. The summed E-state index contributed by atoms with van der Waals surface area (Å²) in [4.78, 5) is 8.65. The molecule has 5 nitrogen and oxygen atoms in total. The second-order valence-corrected chi connectivity index (χ2v) is 4.68. The smallest absolute Gasteiger partial charge is 0.220 e. The van der Waals surface area contributed by atoms with Crippen LogP contribution in [0.2, 0.25) is 0 Å². The maximum absolute atomic E-state index is 7.52. The van der Waals surface area contributed by atoms with Gasteiger partial charge in [0.1, 0.15) is 11.4 Å². The van der Waals surface area contributed by atoms with Crippen molar-refractivity contribution in [2.75, 3.05) is 0 Å². The van der Waals surface area contributed by atoms with Gasteiger partial charge in [-0.3, -0.25) is 10.4 Å². The summed E-state index contributed by atoms with van der Waals surface area (Å²) in [6.45, 7) is 1.83. The van der Waals surface area contributed by atoms with Crippen molar-refractivity contribution in [1.82, 2.24) is 9.97 Å². The number of nitrogen functional groups attached to an aromatic ring is 1. The zero-order valence-corrected chi connectivity index (χ0v) is 11.5. The van der Waals surface area contributed by atoms with Crippen LogP contribution in [0, 0.1) is 12.3 Å². The molecule has 3 N–H and O–H groups in total. The monoisotopic (exact) mass is 278 g/mol. The van der Waals surface area contributed by atoms with Gasteiger partial charge in [-0.25, -0.2) is 4.98 Å². The van der Waals surface area contributed by atoms with Gasteiger partial charge in [0, 0.05) is 28.9 Å². The highest BCUT2D eigenvalue weighted by Gasteiger charge is 2.08. The minimum atomic E-state index is -0.0126. The Hall–Kier alpha value is -2.95. The Morgan fingerprint density at radius 2 is 2.00 bits per heavy atom. The molecular weight excluding hydrogens is 264 g/mol. The topological polar surface area (TPSA) is 84.9 Å². The van der Waals surface area contributed by atoms with Crippen LogP contribution in [0.1, 0.15) is 11.3 Å². The molecule has 3 aromatic rings. The third-order valence-corrected chi connectivity index (χ3v) is 3.05. The molecule has 0 fully saturated rings. The van der Waals surface area contributed by atoms with Gasteiger partial charge < -0.3 is 10.5 Å². The van der Waals surface area contributed by atoms with Crippen molar-refractivity contribution in [2.24, 2.45) is 5.73 Å². The first kappa shape index (κ1) is 13.1. The number of aromatic nitrogens is 2. The van der Waals surface area contributed by atoms with E-state index in [-0.39, 0.29) is 5.84 Å². The first-order chi connectivity index (χ1) is 10.1. The lowest BCUT2D eigenvalue weighted by molar-refractivity contribution is 0.466. The Morgan fingerprint density at radius 3 is 2.81 bits per heavy atom. The molecule has 104 valence electrons. The summed E-state index contributed by atoms with van der Waals surface area (Å²) < 4.78 is 5.84. The largest absolute Gasteiger partial charge is 0.437 e. The molecule has 0 aliphatic heterocycles. The van der Waals surface area contributed by atoms with Gasteiger partial charge in [-0.2, -0.15) is 0 Å². The molecule has 0 radical (unpaired) electrons. The number of rotatable bonds is 3. The highest BCUT2D eigenvalue weighted by molar-refractivity contribution is 5.95. The maximum atomic E-state index is 7.52. The lowest BCUT2D eigenvalue weighted by Gasteiger charge is -2.09. The summed E-state index contributed by atoms with van der Waals surface area (Å²) in [5, 5.41) is 8.52. The van der Waals surface area contributed by atoms with Crippen LogP contribution < -0.4 is 10.5 Å². The second-order valence-electron chi connectivity index (χ2n) is 4.68. The molecule has 0 amide bonds. The molecule has 0 unspecified atom stereocenters. The third-order valence-electron chi connectivity index (χ3n) is 3.05. The number of para-hydroxylation sites is 1. The molecule has 2 aromatic heterocycles. The predicted molar refractivity (Wildman–Crippen MR) is 81.8 cm³/mol. The van der Waals surface area contributed by atoms with E-state index in [4.69, 9.17) is 15.9 Å². The second kappa shape index (κ2) is 5.20. The van der Waals surface area contributed by atoms with E-state index in [0.717, 1.165) is 16.6 Å². The van der Waals surface area contributed by atoms with Gasteiger partial charge in [0.05, 0.1) is 0 Å². The van der Waals surface area contributed by atoms with Crippen molar-refractivity contribution in [3.63, 3.8) is 0 Å². The van der Waals surface area contributed by atoms with Crippen LogP contribution in [-0.4, -0.2) is 15.8 Å². The number of hydrogen-bond acceptors (Lipinski definition) is 4. The van der Waals surface area contributed by atoms with E-state index in [1.54, 1.807) is 18.3 Å². The van der Waals surface area contributed by atoms with Gasteiger partial charge in [-0.05, 0) is 25.1 Å². The first-order valence-corrected chi connectivity index (χ1v) is 6.48. The third kappa shape index (κ3) is 2.67. The van der Waals surface area contributed by atoms with Crippen molar-refractivity contribution < 1.29 is 4.74 Å². The Bertz CT molecular complexity index is 824. The number of nitrogens with one attached hydrogen (secondary N) is 1. The van der Waals surface area contributed by atoms with Gasteiger partial charge in [-0.15, -0.1) is 0 Å². The standard InChI is InChI=1S/C16H14N4O/c1-10-8-12(16(17)18)9-14(20-10)21-13-6-2-4-11-5-3-7-19-15(11)13/h2-9H,1H3,(H3,17,18). The van der Waals surface area contributed by atoms with Gasteiger partial charge in [-0.1, -0.05) is 18.2 Å². The summed E-state index contributed by atoms with van der Waals surface area (Å²) in [5.41, 5.74) is 7.62. The summed E-state index contributed by atoms with van der Waals surface area (Å²) in [6.07, 6.45) is 1.72. The van der Waals surface area contributed by atoms with E-state index in [0.29, 0.717) is 17.2 Å². The molecule has 2 heterocycles. The van der Waals surface area contributed by atoms with E-state index < -0.39 is 0 Å². The maximum Gasteiger partial charge on any atom is 0.220 e. The predicted octanol–water partition coefficient (Wildman–Crippen LogP) is 3.01. The number of hydrogen-bond donors (Lipinski definition) is 2. The molecule has 5 heteroatoms. The number of nitrogens with two attached hydrogens (primary N) is 1. The lowest BCUT2D eigenvalue weighted by atomic mass is 10.2. The van der Waals surface area contributed by atoms with E-state index >= 15 is 0 Å². The molecule has 1 aromatic carbocycles. The fraction of sp³-hybridized carbons (Fsp3) is 0.0625. The van der Waals surface area contributed by atoms with E-state index in [1.807, 2.05) is 37.3 Å². The van der Waals surface area contributed by atoms with Crippen LogP contribution in [0.5, 0.6) is 11.6 Å². The SMILES string of the molecule is Cc1cc(C(=N)N)cc(Oc2cccc3cccnc23)n1. The number of fused-ring (bicyclic) bond motifs is 1. The van der Waals surface area contributed by atoms with Crippen LogP contribution in [-0.2, 0) is 0 Å². The first-order valence-electron chi connectivity index (χ1n) is 6.48. The number of amidine groups is 1. The fourth-order valence-corrected chi connectivity index (χ4v) is 2.12. The number of ether oxygens (including phenoxy) is 1. The Labute approximate surface area is 121 Å². The van der Waals surface area contributed by atoms with Gasteiger partial charge in [0.15, 0.2) is 5.75 Å². The molecule has 0 saturated carbocycles. The zero-order chi connectivity index (χ0) is 14.8. The minimum absolute atomic E-state index is 0.0126. The van der Waals surface area contributed by atoms with E-state index in [1.165, 1.54) is 0 Å². The minimum Gasteiger partial charge on any atom is -0.437 e. The van der Waals surface area contributed by atoms with Crippen molar-refractivity contribution in [3.05, 3.63) is 59.9 Å². The van der Waals surface area contributed by atoms with E-state index in [9.17, 15) is 0 Å². The average molecular weight is 278 g/mol. The van der Waals surface area contributed by atoms with Crippen molar-refractivity contribution in [1.29, 1.82) is 5.41 Å². The molecule has 0 bridgehead atoms. The van der Waals surface area contributed by atoms with Gasteiger partial charge in [0.25, 0.3) is 0 Å². The average Bonchev–Trinajstić information content (AvgIpc) is 2.47. The highest BCUT2D eigenvalue weighted by atomic mass is 16.5. The Kier molecular flexibility index (Phi) is 3.23. The molecule has 21 heavy (non-hydrogen) atoms. The van der Waals surface area contributed by atoms with Crippen molar-refractivity contribution in [2.45, 2.75) is 6.92 Å². The number of aryl methyl sites for hydroxylation is 1. The molecule has 3 rings (SSSR count). The molecule has 0 aliphatic rings. The van der Waals surface area contributed by atoms with Crippen LogP contribution >= 0.6 is 0 Å². The lowest BCUT2D eigenvalue weighted by Crippen LogP contribution is -2.11. The van der Waals surface area contributed by atoms with Crippen LogP contribution in [0.4, 0.5) is 0 Å². The highest BCUT2D eigenvalue weighted by Crippen LogP contribution is 2.27. The van der Waals surface area contributed by atoms with Crippen LogP contribution in [0.3, 0.4) is 0 Å². The zero-order valence-electron chi connectivity index (χ0n) is 11.5. The molecular formula is C16H14N4O. The Morgan fingerprint density at radius 1 is 1.19 bits per heavy atom. The summed E-state index contributed by atoms with van der Waals surface area (Å²) in [5.74, 6) is 1.01. The molecule has 0 saturated heterocycles. The van der Waals surface area contributed by atoms with Gasteiger partial charge >= 0.3 is 0 Å². The van der Waals surface area contributed by atoms with E-state index in [2.05, 4.69) is 9.97 Å². The summed E-state index contributed by atoms with van der Waals surface area (Å²) in [6, 6.07) is 13.0. The quantitative estimate of drug-likeness (QED) is 0.569. The summed E-state index contributed by atoms with van der Waals surface area (Å²) in [7, 11) is 0. The summed E-state index contributed by atoms with van der Waals surface area (Å²) >= 11 is 0. The number of pyridine rings is 2. The van der Waals surface area contributed by atoms with Crippen LogP contribution in [0.25, 0.3) is 10.9 Å². The normalized spacial score (nSPS) is 10.5. The van der Waals surface area contributed by atoms with Crippen molar-refractivity contribution in [3.8, 4) is 11.6 Å². The van der Waals surface area contributed by atoms with Crippen LogP contribution in [0.15, 0.2) is 48.7 Å². The fourth-order valence-electron chi connectivity index (χ4n) is 2.12. The van der Waals surface area contributed by atoms with Gasteiger partial charge in [0.2, 0.25) is 5.88 Å². The Balaban J connectivity index is 2.05. The number of nitrogens with zero attached hydrogens (tertiary/aromatic N) is 2. The van der Waals surface area contributed by atoms with Crippen molar-refractivity contribution >= 4 is 16.7 Å².